The Bertz CT molecular complexity index is 392. The number of hydrogen-bond acceptors (Lipinski definition) is 2. The Morgan fingerprint density at radius 3 is 2.53 bits per heavy atom. The summed E-state index contributed by atoms with van der Waals surface area (Å²) in [6.07, 6.45) is 2.45. The first-order valence-electron chi connectivity index (χ1n) is 7.26. The number of benzene rings is 1. The summed E-state index contributed by atoms with van der Waals surface area (Å²) < 4.78 is 1.15. The van der Waals surface area contributed by atoms with Gasteiger partial charge in [-0.3, -0.25) is 0 Å². The molecule has 1 rings (SSSR count). The molecule has 1 aromatic carbocycles. The van der Waals surface area contributed by atoms with Crippen LogP contribution in [0.4, 0.5) is 5.69 Å². The van der Waals surface area contributed by atoms with Crippen molar-refractivity contribution in [2.24, 2.45) is 0 Å². The van der Waals surface area contributed by atoms with Crippen LogP contribution < -0.4 is 10.2 Å². The maximum absolute atomic E-state index is 3.59. The van der Waals surface area contributed by atoms with Crippen molar-refractivity contribution in [1.82, 2.24) is 5.32 Å². The van der Waals surface area contributed by atoms with Crippen LogP contribution in [-0.4, -0.2) is 19.6 Å². The SMILES string of the molecule is CCCC(C)N(C)c1ccc(Br)cc1C(C)NCC. The van der Waals surface area contributed by atoms with Gasteiger partial charge < -0.3 is 10.2 Å². The summed E-state index contributed by atoms with van der Waals surface area (Å²) in [5, 5.41) is 3.51. The van der Waals surface area contributed by atoms with Crippen molar-refractivity contribution in [1.29, 1.82) is 0 Å². The number of nitrogens with zero attached hydrogens (tertiary/aromatic N) is 1. The van der Waals surface area contributed by atoms with Gasteiger partial charge in [-0.25, -0.2) is 0 Å². The molecule has 0 fully saturated rings. The van der Waals surface area contributed by atoms with Gasteiger partial charge in [0, 0.05) is 29.3 Å². The van der Waals surface area contributed by atoms with Crippen molar-refractivity contribution in [2.45, 2.75) is 52.6 Å². The normalized spacial score (nSPS) is 14.2. The van der Waals surface area contributed by atoms with Crippen LogP contribution in [-0.2, 0) is 0 Å². The van der Waals surface area contributed by atoms with Crippen LogP contribution in [0.2, 0.25) is 0 Å². The molecule has 0 aliphatic heterocycles. The highest BCUT2D eigenvalue weighted by molar-refractivity contribution is 9.10. The minimum Gasteiger partial charge on any atom is -0.372 e. The topological polar surface area (TPSA) is 15.3 Å². The fraction of sp³-hybridized carbons (Fsp3) is 0.625. The molecular weight excluding hydrogens is 300 g/mol. The molecular formula is C16H27BrN2. The molecule has 1 N–H and O–H groups in total. The number of rotatable bonds is 7. The quantitative estimate of drug-likeness (QED) is 0.778. The summed E-state index contributed by atoms with van der Waals surface area (Å²) in [5.41, 5.74) is 2.69. The van der Waals surface area contributed by atoms with Crippen molar-refractivity contribution in [3.63, 3.8) is 0 Å². The second-order valence-electron chi connectivity index (χ2n) is 5.23. The van der Waals surface area contributed by atoms with E-state index in [1.54, 1.807) is 0 Å². The van der Waals surface area contributed by atoms with Gasteiger partial charge in [0.25, 0.3) is 0 Å². The fourth-order valence-electron chi connectivity index (χ4n) is 2.46. The van der Waals surface area contributed by atoms with Gasteiger partial charge in [0.05, 0.1) is 0 Å². The first kappa shape index (κ1) is 16.5. The lowest BCUT2D eigenvalue weighted by molar-refractivity contribution is 0.582. The largest absolute Gasteiger partial charge is 0.372 e. The molecule has 1 aromatic rings. The summed E-state index contributed by atoms with van der Waals surface area (Å²) in [4.78, 5) is 2.40. The molecule has 108 valence electrons. The number of hydrogen-bond donors (Lipinski definition) is 1. The zero-order valence-corrected chi connectivity index (χ0v) is 14.4. The highest BCUT2D eigenvalue weighted by Crippen LogP contribution is 2.30. The molecule has 0 saturated carbocycles. The number of nitrogens with one attached hydrogen (secondary N) is 1. The summed E-state index contributed by atoms with van der Waals surface area (Å²) in [7, 11) is 2.20. The van der Waals surface area contributed by atoms with E-state index < -0.39 is 0 Å². The lowest BCUT2D eigenvalue weighted by Crippen LogP contribution is -2.30. The Labute approximate surface area is 126 Å². The molecule has 0 aliphatic carbocycles. The molecule has 0 aromatic heterocycles. The van der Waals surface area contributed by atoms with E-state index in [-0.39, 0.29) is 0 Å². The molecule has 2 unspecified atom stereocenters. The van der Waals surface area contributed by atoms with E-state index in [0.29, 0.717) is 12.1 Å². The van der Waals surface area contributed by atoms with Gasteiger partial charge in [0.2, 0.25) is 0 Å². The molecule has 0 bridgehead atoms. The lowest BCUT2D eigenvalue weighted by atomic mass is 10.0. The summed E-state index contributed by atoms with van der Waals surface area (Å²) >= 11 is 3.59. The van der Waals surface area contributed by atoms with Gasteiger partial charge >= 0.3 is 0 Å². The second kappa shape index (κ2) is 7.91. The Morgan fingerprint density at radius 2 is 1.95 bits per heavy atom. The van der Waals surface area contributed by atoms with Gasteiger partial charge in [0.1, 0.15) is 0 Å². The molecule has 2 nitrogen and oxygen atoms in total. The maximum atomic E-state index is 3.59. The van der Waals surface area contributed by atoms with E-state index in [1.807, 2.05) is 0 Å². The van der Waals surface area contributed by atoms with Crippen LogP contribution in [0, 0.1) is 0 Å². The molecule has 2 atom stereocenters. The van der Waals surface area contributed by atoms with Crippen LogP contribution >= 0.6 is 15.9 Å². The average Bonchev–Trinajstić information content (AvgIpc) is 2.38. The maximum Gasteiger partial charge on any atom is 0.0415 e. The van der Waals surface area contributed by atoms with E-state index in [1.165, 1.54) is 24.1 Å². The minimum atomic E-state index is 0.369. The average molecular weight is 327 g/mol. The van der Waals surface area contributed by atoms with Crippen molar-refractivity contribution in [3.8, 4) is 0 Å². The van der Waals surface area contributed by atoms with Gasteiger partial charge in [-0.2, -0.15) is 0 Å². The molecule has 0 spiro atoms. The smallest absolute Gasteiger partial charge is 0.0415 e. The zero-order chi connectivity index (χ0) is 14.4. The van der Waals surface area contributed by atoms with E-state index in [4.69, 9.17) is 0 Å². The van der Waals surface area contributed by atoms with Crippen molar-refractivity contribution in [2.75, 3.05) is 18.5 Å². The Hall–Kier alpha value is -0.540. The Kier molecular flexibility index (Phi) is 6.87. The number of halogens is 1. The van der Waals surface area contributed by atoms with Crippen molar-refractivity contribution in [3.05, 3.63) is 28.2 Å². The van der Waals surface area contributed by atoms with Gasteiger partial charge in [0.15, 0.2) is 0 Å². The van der Waals surface area contributed by atoms with Crippen molar-refractivity contribution < 1.29 is 0 Å². The van der Waals surface area contributed by atoms with E-state index in [0.717, 1.165) is 11.0 Å². The minimum absolute atomic E-state index is 0.369. The third-order valence-corrected chi connectivity index (χ3v) is 4.21. The molecule has 0 radical (unpaired) electrons. The zero-order valence-electron chi connectivity index (χ0n) is 12.8. The number of anilines is 1. The third-order valence-electron chi connectivity index (χ3n) is 3.71. The highest BCUT2D eigenvalue weighted by atomic mass is 79.9. The van der Waals surface area contributed by atoms with Crippen LogP contribution in [0.1, 0.15) is 52.1 Å². The van der Waals surface area contributed by atoms with Crippen LogP contribution in [0.25, 0.3) is 0 Å². The Balaban J connectivity index is 3.05. The molecule has 19 heavy (non-hydrogen) atoms. The van der Waals surface area contributed by atoms with Gasteiger partial charge in [-0.05, 0) is 50.6 Å². The van der Waals surface area contributed by atoms with Crippen LogP contribution in [0.5, 0.6) is 0 Å². The summed E-state index contributed by atoms with van der Waals surface area (Å²) in [5.74, 6) is 0. The van der Waals surface area contributed by atoms with E-state index in [9.17, 15) is 0 Å². The summed E-state index contributed by atoms with van der Waals surface area (Å²) in [6, 6.07) is 7.52. The second-order valence-corrected chi connectivity index (χ2v) is 6.15. The first-order chi connectivity index (χ1) is 9.01. The predicted molar refractivity (Wildman–Crippen MR) is 89.0 cm³/mol. The van der Waals surface area contributed by atoms with E-state index >= 15 is 0 Å². The van der Waals surface area contributed by atoms with E-state index in [2.05, 4.69) is 79.1 Å². The van der Waals surface area contributed by atoms with Crippen LogP contribution in [0.15, 0.2) is 22.7 Å². The molecule has 0 saturated heterocycles. The first-order valence-corrected chi connectivity index (χ1v) is 8.06. The molecule has 0 heterocycles. The lowest BCUT2D eigenvalue weighted by Gasteiger charge is -2.31. The third kappa shape index (κ3) is 4.50. The fourth-order valence-corrected chi connectivity index (χ4v) is 2.84. The van der Waals surface area contributed by atoms with Gasteiger partial charge in [-0.15, -0.1) is 0 Å². The van der Waals surface area contributed by atoms with Crippen molar-refractivity contribution >= 4 is 21.6 Å². The molecule has 0 amide bonds. The Morgan fingerprint density at radius 1 is 1.26 bits per heavy atom. The standard InChI is InChI=1S/C16H27BrN2/c1-6-8-12(3)19(5)16-10-9-14(17)11-15(16)13(4)18-7-2/h9-13,18H,6-8H2,1-5H3. The highest BCUT2D eigenvalue weighted by Gasteiger charge is 2.16. The van der Waals surface area contributed by atoms with Crippen LogP contribution in [0.3, 0.4) is 0 Å². The predicted octanol–water partition coefficient (Wildman–Crippen LogP) is 4.74. The molecule has 0 aliphatic rings. The van der Waals surface area contributed by atoms with Gasteiger partial charge in [-0.1, -0.05) is 36.2 Å². The monoisotopic (exact) mass is 326 g/mol. The summed E-state index contributed by atoms with van der Waals surface area (Å²) in [6.45, 7) is 9.91. The molecule has 3 heteroatoms.